The van der Waals surface area contributed by atoms with Crippen LogP contribution in [0.1, 0.15) is 0 Å². The molecule has 0 bridgehead atoms. The highest BCUT2D eigenvalue weighted by atomic mass is 35.5. The molecular weight excluding hydrogens is 293 g/mol. The van der Waals surface area contributed by atoms with Gasteiger partial charge in [0, 0.05) is 11.2 Å². The van der Waals surface area contributed by atoms with E-state index in [0.29, 0.717) is 5.02 Å². The van der Waals surface area contributed by atoms with Crippen molar-refractivity contribution < 1.29 is 12.8 Å². The summed E-state index contributed by atoms with van der Waals surface area (Å²) < 4.78 is 39.5. The fraction of sp³-hybridized carbons (Fsp3) is 0. The summed E-state index contributed by atoms with van der Waals surface area (Å²) in [5.41, 5.74) is 5.85. The van der Waals surface area contributed by atoms with Crippen molar-refractivity contribution in [2.45, 2.75) is 5.03 Å². The first kappa shape index (κ1) is 13.6. The summed E-state index contributed by atoms with van der Waals surface area (Å²) in [6.07, 6.45) is 1.18. The van der Waals surface area contributed by atoms with E-state index in [9.17, 15) is 12.8 Å². The molecule has 1 heterocycles. The van der Waals surface area contributed by atoms with Crippen LogP contribution < -0.4 is 10.5 Å². The van der Waals surface area contributed by atoms with E-state index in [0.717, 1.165) is 6.07 Å². The number of pyridine rings is 1. The lowest BCUT2D eigenvalue weighted by atomic mass is 10.3. The zero-order valence-electron chi connectivity index (χ0n) is 9.47. The number of hydrogen-bond donors (Lipinski definition) is 2. The van der Waals surface area contributed by atoms with Gasteiger partial charge in [0.2, 0.25) is 5.03 Å². The third kappa shape index (κ3) is 2.94. The second kappa shape index (κ2) is 5.02. The summed E-state index contributed by atoms with van der Waals surface area (Å²) in [6.45, 7) is 0. The van der Waals surface area contributed by atoms with Crippen LogP contribution in [-0.4, -0.2) is 13.4 Å². The van der Waals surface area contributed by atoms with Gasteiger partial charge in [0.15, 0.2) is 5.82 Å². The van der Waals surface area contributed by atoms with E-state index in [1.165, 1.54) is 30.5 Å². The minimum Gasteiger partial charge on any atom is -0.397 e. The zero-order chi connectivity index (χ0) is 14.0. The number of nitrogens with zero attached hydrogens (tertiary/aromatic N) is 1. The van der Waals surface area contributed by atoms with Crippen LogP contribution in [0.5, 0.6) is 0 Å². The Labute approximate surface area is 114 Å². The molecule has 8 heteroatoms. The molecule has 100 valence electrons. The number of rotatable bonds is 3. The normalized spacial score (nSPS) is 11.3. The number of nitrogens with two attached hydrogens (primary N) is 1. The molecule has 0 aliphatic carbocycles. The SMILES string of the molecule is Nc1ccc(Cl)cc1NS(=O)(=O)c1ncccc1F. The molecule has 19 heavy (non-hydrogen) atoms. The zero-order valence-corrected chi connectivity index (χ0v) is 11.0. The Morgan fingerprint density at radius 2 is 2.05 bits per heavy atom. The first-order chi connectivity index (χ1) is 8.90. The number of benzene rings is 1. The number of nitrogens with one attached hydrogen (secondary N) is 1. The van der Waals surface area contributed by atoms with Crippen LogP contribution >= 0.6 is 11.6 Å². The van der Waals surface area contributed by atoms with E-state index in [1.807, 2.05) is 0 Å². The summed E-state index contributed by atoms with van der Waals surface area (Å²) in [5, 5.41) is -0.400. The fourth-order valence-corrected chi connectivity index (χ4v) is 2.64. The molecule has 0 saturated heterocycles. The first-order valence-corrected chi connectivity index (χ1v) is 6.94. The highest BCUT2D eigenvalue weighted by molar-refractivity contribution is 7.92. The van der Waals surface area contributed by atoms with Crippen molar-refractivity contribution in [2.24, 2.45) is 0 Å². The van der Waals surface area contributed by atoms with Crippen LogP contribution in [0.15, 0.2) is 41.6 Å². The van der Waals surface area contributed by atoms with Crippen LogP contribution in [0.4, 0.5) is 15.8 Å². The van der Waals surface area contributed by atoms with E-state index >= 15 is 0 Å². The minimum atomic E-state index is -4.16. The molecule has 0 aliphatic rings. The molecule has 0 amide bonds. The van der Waals surface area contributed by atoms with Gasteiger partial charge in [-0.1, -0.05) is 11.6 Å². The highest BCUT2D eigenvalue weighted by Gasteiger charge is 2.21. The molecule has 2 rings (SSSR count). The first-order valence-electron chi connectivity index (χ1n) is 5.08. The Kier molecular flexibility index (Phi) is 3.59. The molecule has 0 fully saturated rings. The number of anilines is 2. The smallest absolute Gasteiger partial charge is 0.282 e. The average molecular weight is 302 g/mol. The average Bonchev–Trinajstić information content (AvgIpc) is 2.34. The van der Waals surface area contributed by atoms with Crippen LogP contribution in [-0.2, 0) is 10.0 Å². The van der Waals surface area contributed by atoms with Gasteiger partial charge in [-0.25, -0.2) is 9.37 Å². The van der Waals surface area contributed by atoms with E-state index in [2.05, 4.69) is 9.71 Å². The van der Waals surface area contributed by atoms with E-state index < -0.39 is 20.9 Å². The van der Waals surface area contributed by atoms with Gasteiger partial charge in [-0.05, 0) is 30.3 Å². The summed E-state index contributed by atoms with van der Waals surface area (Å²) in [7, 11) is -4.16. The van der Waals surface area contributed by atoms with Crippen LogP contribution in [0.25, 0.3) is 0 Å². The van der Waals surface area contributed by atoms with Crippen molar-refractivity contribution in [3.8, 4) is 0 Å². The van der Waals surface area contributed by atoms with E-state index in [-0.39, 0.29) is 11.4 Å². The quantitative estimate of drug-likeness (QED) is 0.852. The maximum Gasteiger partial charge on any atom is 0.282 e. The predicted octanol–water partition coefficient (Wildman–Crippen LogP) is 2.26. The monoisotopic (exact) mass is 301 g/mol. The Balaban J connectivity index is 2.43. The van der Waals surface area contributed by atoms with Crippen molar-refractivity contribution in [2.75, 3.05) is 10.5 Å². The van der Waals surface area contributed by atoms with Gasteiger partial charge in [-0.3, -0.25) is 4.72 Å². The molecule has 0 aliphatic heterocycles. The van der Waals surface area contributed by atoms with Gasteiger partial charge in [-0.15, -0.1) is 0 Å². The van der Waals surface area contributed by atoms with Gasteiger partial charge in [-0.2, -0.15) is 8.42 Å². The second-order valence-electron chi connectivity index (χ2n) is 3.63. The Morgan fingerprint density at radius 3 is 2.74 bits per heavy atom. The van der Waals surface area contributed by atoms with Gasteiger partial charge in [0.05, 0.1) is 11.4 Å². The fourth-order valence-electron chi connectivity index (χ4n) is 1.38. The molecule has 2 aromatic rings. The van der Waals surface area contributed by atoms with Crippen molar-refractivity contribution in [1.29, 1.82) is 0 Å². The number of hydrogen-bond acceptors (Lipinski definition) is 4. The number of nitrogen functional groups attached to an aromatic ring is 1. The molecule has 1 aromatic carbocycles. The predicted molar refractivity (Wildman–Crippen MR) is 70.9 cm³/mol. The Bertz CT molecular complexity index is 722. The second-order valence-corrected chi connectivity index (χ2v) is 5.66. The molecule has 5 nitrogen and oxygen atoms in total. The largest absolute Gasteiger partial charge is 0.397 e. The van der Waals surface area contributed by atoms with Gasteiger partial charge in [0.1, 0.15) is 0 Å². The van der Waals surface area contributed by atoms with Crippen LogP contribution in [0.2, 0.25) is 5.02 Å². The van der Waals surface area contributed by atoms with Gasteiger partial charge >= 0.3 is 0 Å². The molecular formula is C11H9ClFN3O2S. The lowest BCUT2D eigenvalue weighted by Gasteiger charge is -2.10. The third-order valence-electron chi connectivity index (χ3n) is 2.24. The molecule has 3 N–H and O–H groups in total. The van der Waals surface area contributed by atoms with E-state index in [4.69, 9.17) is 17.3 Å². The molecule has 1 aromatic heterocycles. The number of halogens is 2. The maximum absolute atomic E-state index is 13.4. The lowest BCUT2D eigenvalue weighted by Crippen LogP contribution is -2.17. The summed E-state index contributed by atoms with van der Waals surface area (Å²) in [6, 6.07) is 6.57. The molecule has 0 radical (unpaired) electrons. The lowest BCUT2D eigenvalue weighted by molar-refractivity contribution is 0.557. The van der Waals surface area contributed by atoms with Crippen LogP contribution in [0.3, 0.4) is 0 Å². The van der Waals surface area contributed by atoms with Gasteiger partial charge in [0.25, 0.3) is 10.0 Å². The van der Waals surface area contributed by atoms with Crippen molar-refractivity contribution >= 4 is 33.0 Å². The molecule has 0 atom stereocenters. The maximum atomic E-state index is 13.4. The topological polar surface area (TPSA) is 85.1 Å². The summed E-state index contributed by atoms with van der Waals surface area (Å²) >= 11 is 5.74. The molecule has 0 spiro atoms. The minimum absolute atomic E-state index is 0.0672. The van der Waals surface area contributed by atoms with Crippen molar-refractivity contribution in [1.82, 2.24) is 4.98 Å². The number of aromatic nitrogens is 1. The Morgan fingerprint density at radius 1 is 1.32 bits per heavy atom. The number of sulfonamides is 1. The standard InChI is InChI=1S/C11H9ClFN3O2S/c12-7-3-4-9(14)10(6-7)16-19(17,18)11-8(13)2-1-5-15-11/h1-6,16H,14H2. The Hall–Kier alpha value is -1.86. The molecule has 0 saturated carbocycles. The van der Waals surface area contributed by atoms with Crippen molar-refractivity contribution in [3.05, 3.63) is 47.4 Å². The van der Waals surface area contributed by atoms with Crippen molar-refractivity contribution in [3.63, 3.8) is 0 Å². The summed E-state index contributed by atoms with van der Waals surface area (Å²) in [4.78, 5) is 3.50. The van der Waals surface area contributed by atoms with Crippen LogP contribution in [0, 0.1) is 5.82 Å². The molecule has 0 unspecified atom stereocenters. The highest BCUT2D eigenvalue weighted by Crippen LogP contribution is 2.25. The summed E-state index contributed by atoms with van der Waals surface area (Å²) in [5.74, 6) is -0.949. The third-order valence-corrected chi connectivity index (χ3v) is 3.77. The van der Waals surface area contributed by atoms with E-state index in [1.54, 1.807) is 0 Å². The van der Waals surface area contributed by atoms with Gasteiger partial charge < -0.3 is 5.73 Å².